The maximum atomic E-state index is 13.3. The van der Waals surface area contributed by atoms with Crippen molar-refractivity contribution in [1.29, 1.82) is 0 Å². The van der Waals surface area contributed by atoms with Crippen molar-refractivity contribution in [3.63, 3.8) is 0 Å². The second kappa shape index (κ2) is 9.49. The van der Waals surface area contributed by atoms with E-state index in [0.29, 0.717) is 36.6 Å². The minimum absolute atomic E-state index is 0.0617. The minimum atomic E-state index is -0.802. The number of carbonyl (C=O) groups is 2. The zero-order valence-corrected chi connectivity index (χ0v) is 17.6. The Labute approximate surface area is 181 Å². The summed E-state index contributed by atoms with van der Waals surface area (Å²) in [5.41, 5.74) is 0.815. The van der Waals surface area contributed by atoms with Crippen molar-refractivity contribution in [2.45, 2.75) is 6.04 Å². The number of likely N-dealkylation sites (tertiary alicyclic amines) is 1. The van der Waals surface area contributed by atoms with E-state index in [0.717, 1.165) is 4.90 Å². The van der Waals surface area contributed by atoms with Gasteiger partial charge in [-0.25, -0.2) is 0 Å². The highest BCUT2D eigenvalue weighted by Gasteiger charge is 2.44. The molecule has 0 saturated carbocycles. The summed E-state index contributed by atoms with van der Waals surface area (Å²) in [6.45, 7) is 4.87. The lowest BCUT2D eigenvalue weighted by Crippen LogP contribution is -3.06. The molecule has 0 aromatic heterocycles. The van der Waals surface area contributed by atoms with Crippen LogP contribution < -0.4 is 14.7 Å². The largest absolute Gasteiger partial charge is 0.872 e. The molecule has 7 heteroatoms. The highest BCUT2D eigenvalue weighted by molar-refractivity contribution is 6.46. The number of amides is 1. The molecule has 7 nitrogen and oxygen atoms in total. The van der Waals surface area contributed by atoms with Crippen molar-refractivity contribution in [1.82, 2.24) is 4.90 Å². The molecule has 1 aliphatic heterocycles. The molecule has 31 heavy (non-hydrogen) atoms. The van der Waals surface area contributed by atoms with Gasteiger partial charge in [0.2, 0.25) is 5.78 Å². The second-order valence-electron chi connectivity index (χ2n) is 7.65. The average Bonchev–Trinajstić information content (AvgIpc) is 3.01. The molecule has 0 spiro atoms. The monoisotopic (exact) mass is 422 g/mol. The Hall–Kier alpha value is -3.58. The van der Waals surface area contributed by atoms with Gasteiger partial charge in [0.05, 0.1) is 33.2 Å². The number of ketones is 1. The zero-order valence-electron chi connectivity index (χ0n) is 17.6. The average molecular weight is 422 g/mol. The molecule has 0 radical (unpaired) electrons. The number of hydrogen-bond donors (Lipinski definition) is 2. The lowest BCUT2D eigenvalue weighted by atomic mass is 9.95. The number of phenolic OH excluding ortho intramolecular Hbond substituents is 1. The van der Waals surface area contributed by atoms with E-state index in [1.54, 1.807) is 42.5 Å². The lowest BCUT2D eigenvalue weighted by Gasteiger charge is -2.27. The van der Waals surface area contributed by atoms with Crippen molar-refractivity contribution in [2.75, 3.05) is 33.8 Å². The Balaban J connectivity index is 2.05. The van der Waals surface area contributed by atoms with Crippen LogP contribution in [0.3, 0.4) is 0 Å². The van der Waals surface area contributed by atoms with E-state index in [1.807, 2.05) is 14.1 Å². The van der Waals surface area contributed by atoms with Gasteiger partial charge in [-0.3, -0.25) is 9.59 Å². The third kappa shape index (κ3) is 4.78. The molecule has 2 N–H and O–H groups in total. The summed E-state index contributed by atoms with van der Waals surface area (Å²) in [5.74, 6) is -1.34. The van der Waals surface area contributed by atoms with E-state index in [9.17, 15) is 19.8 Å². The van der Waals surface area contributed by atoms with E-state index in [4.69, 9.17) is 4.74 Å². The van der Waals surface area contributed by atoms with E-state index in [2.05, 4.69) is 6.58 Å². The van der Waals surface area contributed by atoms with Gasteiger partial charge in [0.25, 0.3) is 5.91 Å². The molecule has 0 bridgehead atoms. The summed E-state index contributed by atoms with van der Waals surface area (Å²) < 4.78 is 5.44. The second-order valence-corrected chi connectivity index (χ2v) is 7.65. The molecule has 1 heterocycles. The van der Waals surface area contributed by atoms with Crippen LogP contribution in [0.1, 0.15) is 17.2 Å². The van der Waals surface area contributed by atoms with Crippen molar-refractivity contribution in [2.24, 2.45) is 0 Å². The molecule has 162 valence electrons. The number of nitrogens with zero attached hydrogens (tertiary/aromatic N) is 1. The van der Waals surface area contributed by atoms with Crippen LogP contribution in [0.25, 0.3) is 5.76 Å². The number of benzene rings is 2. The molecule has 1 aliphatic rings. The van der Waals surface area contributed by atoms with E-state index < -0.39 is 23.5 Å². The molecular weight excluding hydrogens is 396 g/mol. The Morgan fingerprint density at radius 2 is 1.81 bits per heavy atom. The van der Waals surface area contributed by atoms with Crippen LogP contribution >= 0.6 is 0 Å². The highest BCUT2D eigenvalue weighted by atomic mass is 16.5. The van der Waals surface area contributed by atoms with Gasteiger partial charge in [-0.1, -0.05) is 42.7 Å². The fraction of sp³-hybridized carbons (Fsp3) is 0.250. The number of phenols is 1. The molecule has 1 atom stereocenters. The van der Waals surface area contributed by atoms with Gasteiger partial charge < -0.3 is 24.7 Å². The van der Waals surface area contributed by atoms with Crippen LogP contribution in [-0.2, 0) is 9.59 Å². The van der Waals surface area contributed by atoms with Crippen LogP contribution in [0.4, 0.5) is 0 Å². The van der Waals surface area contributed by atoms with Gasteiger partial charge in [-0.2, -0.15) is 0 Å². The molecule has 1 saturated heterocycles. The number of Topliss-reactive ketones (excluding diaryl/α,β-unsaturated/α-hetero) is 1. The number of likely N-dealkylation sites (N-methyl/N-ethyl adjacent to an activating group) is 1. The number of ether oxygens (including phenoxy) is 1. The molecule has 1 unspecified atom stereocenters. The van der Waals surface area contributed by atoms with Crippen molar-refractivity contribution in [3.05, 3.63) is 77.9 Å². The van der Waals surface area contributed by atoms with Gasteiger partial charge in [0, 0.05) is 5.57 Å². The summed E-state index contributed by atoms with van der Waals surface area (Å²) in [6.07, 6.45) is 1.62. The van der Waals surface area contributed by atoms with Crippen molar-refractivity contribution < 1.29 is 29.4 Å². The van der Waals surface area contributed by atoms with Crippen molar-refractivity contribution >= 4 is 17.4 Å². The lowest BCUT2D eigenvalue weighted by molar-refractivity contribution is -0.857. The van der Waals surface area contributed by atoms with Gasteiger partial charge in [0.1, 0.15) is 18.1 Å². The van der Waals surface area contributed by atoms with Crippen LogP contribution in [0.5, 0.6) is 11.5 Å². The molecule has 3 rings (SSSR count). The first-order valence-electron chi connectivity index (χ1n) is 10.0. The third-order valence-corrected chi connectivity index (χ3v) is 5.08. The SMILES string of the molecule is C=CCOc1ccc(/C([O-])=C2\C(=O)C(=O)N(CC[NH+](C)C)C2c2ccc(O)cc2)cc1. The highest BCUT2D eigenvalue weighted by Crippen LogP contribution is 2.38. The van der Waals surface area contributed by atoms with E-state index in [-0.39, 0.29) is 11.3 Å². The van der Waals surface area contributed by atoms with Gasteiger partial charge in [-0.15, -0.1) is 0 Å². The first-order chi connectivity index (χ1) is 14.8. The molecule has 1 amide bonds. The molecule has 1 fully saturated rings. The number of aromatic hydroxyl groups is 1. The molecule has 2 aromatic carbocycles. The number of hydrogen-bond acceptors (Lipinski definition) is 5. The topological polar surface area (TPSA) is 94.3 Å². The van der Waals surface area contributed by atoms with E-state index >= 15 is 0 Å². The van der Waals surface area contributed by atoms with Crippen LogP contribution in [0.2, 0.25) is 0 Å². The first-order valence-corrected chi connectivity index (χ1v) is 10.0. The fourth-order valence-electron chi connectivity index (χ4n) is 3.46. The fourth-order valence-corrected chi connectivity index (χ4v) is 3.46. The third-order valence-electron chi connectivity index (χ3n) is 5.08. The maximum Gasteiger partial charge on any atom is 0.295 e. The predicted molar refractivity (Wildman–Crippen MR) is 114 cm³/mol. The molecule has 0 aliphatic carbocycles. The first kappa shape index (κ1) is 22.1. The summed E-state index contributed by atoms with van der Waals surface area (Å²) in [6, 6.07) is 11.8. The summed E-state index contributed by atoms with van der Waals surface area (Å²) >= 11 is 0. The maximum absolute atomic E-state index is 13.3. The zero-order chi connectivity index (χ0) is 22.5. The Kier molecular flexibility index (Phi) is 6.77. The van der Waals surface area contributed by atoms with Crippen LogP contribution in [0, 0.1) is 0 Å². The molecule has 2 aromatic rings. The Bertz CT molecular complexity index is 994. The Morgan fingerprint density at radius 1 is 1.16 bits per heavy atom. The van der Waals surface area contributed by atoms with Crippen LogP contribution in [-0.4, -0.2) is 55.5 Å². The molecular formula is C24H26N2O5. The number of quaternary nitrogens is 1. The number of nitrogens with one attached hydrogen (secondary N) is 1. The Morgan fingerprint density at radius 3 is 2.39 bits per heavy atom. The summed E-state index contributed by atoms with van der Waals surface area (Å²) in [7, 11) is 3.90. The summed E-state index contributed by atoms with van der Waals surface area (Å²) in [4.78, 5) is 28.2. The summed E-state index contributed by atoms with van der Waals surface area (Å²) in [5, 5.41) is 23.0. The van der Waals surface area contributed by atoms with Gasteiger partial charge in [0.15, 0.2) is 0 Å². The number of carbonyl (C=O) groups excluding carboxylic acids is 2. The van der Waals surface area contributed by atoms with Crippen molar-refractivity contribution in [3.8, 4) is 11.5 Å². The van der Waals surface area contributed by atoms with Gasteiger partial charge in [-0.05, 0) is 35.4 Å². The standard InChI is InChI=1S/C24H26N2O5/c1-4-15-31-19-11-7-17(8-12-19)22(28)20-21(16-5-9-18(27)10-6-16)26(14-13-25(2)3)24(30)23(20)29/h4-12,21,27-28H,1,13-15H2,2-3H3/b22-20+. The quantitative estimate of drug-likeness (QED) is 0.277. The minimum Gasteiger partial charge on any atom is -0.872 e. The number of rotatable bonds is 8. The van der Waals surface area contributed by atoms with E-state index in [1.165, 1.54) is 17.0 Å². The van der Waals surface area contributed by atoms with Crippen LogP contribution in [0.15, 0.2) is 66.8 Å². The predicted octanol–water partition coefficient (Wildman–Crippen LogP) is 0.326. The van der Waals surface area contributed by atoms with Gasteiger partial charge >= 0.3 is 0 Å². The normalized spacial score (nSPS) is 17.9. The smallest absolute Gasteiger partial charge is 0.295 e.